The van der Waals surface area contributed by atoms with Gasteiger partial charge in [0, 0.05) is 10.6 Å². The molecular weight excluding hydrogens is 334 g/mol. The van der Waals surface area contributed by atoms with E-state index < -0.39 is 0 Å². The molecule has 1 aliphatic heterocycles. The van der Waals surface area contributed by atoms with E-state index >= 15 is 0 Å². The van der Waals surface area contributed by atoms with E-state index in [1.165, 1.54) is 14.2 Å². The number of nitrogens with one attached hydrogen (secondary N) is 1. The van der Waals surface area contributed by atoms with Crippen LogP contribution in [-0.4, -0.2) is 33.3 Å². The Labute approximate surface area is 144 Å². The van der Waals surface area contributed by atoms with Gasteiger partial charge >= 0.3 is 0 Å². The number of benzene rings is 2. The fraction of sp³-hybridized carbons (Fsp3) is 0.235. The van der Waals surface area contributed by atoms with Crippen LogP contribution in [0.2, 0.25) is 5.02 Å². The maximum Gasteiger partial charge on any atom is 0.256 e. The number of carbonyl (C=O) groups is 1. The van der Waals surface area contributed by atoms with E-state index in [1.807, 2.05) is 0 Å². The Bertz CT molecular complexity index is 761. The van der Waals surface area contributed by atoms with Crippen LogP contribution in [0.5, 0.6) is 23.0 Å². The minimum absolute atomic E-state index is 0.342. The van der Waals surface area contributed by atoms with Crippen molar-refractivity contribution in [3.63, 3.8) is 0 Å². The summed E-state index contributed by atoms with van der Waals surface area (Å²) in [6.45, 7) is 0.859. The quantitative estimate of drug-likeness (QED) is 0.916. The molecule has 1 N–H and O–H groups in total. The van der Waals surface area contributed by atoms with Gasteiger partial charge in [0.25, 0.3) is 5.91 Å². The van der Waals surface area contributed by atoms with Crippen molar-refractivity contribution in [2.45, 2.75) is 0 Å². The number of ether oxygens (including phenoxy) is 4. The Balaban J connectivity index is 1.92. The second kappa shape index (κ2) is 6.88. The standard InChI is InChI=1S/C17H16ClNO5/c1-21-13-4-3-11(18)9-12(13)19-17(20)10-7-14(22-2)16-15(8-10)23-5-6-24-16/h3-4,7-9H,5-6H2,1-2H3,(H,19,20). The summed E-state index contributed by atoms with van der Waals surface area (Å²) in [5.74, 6) is 1.59. The Hall–Kier alpha value is -2.60. The van der Waals surface area contributed by atoms with Crippen LogP contribution in [-0.2, 0) is 0 Å². The predicted molar refractivity (Wildman–Crippen MR) is 89.9 cm³/mol. The van der Waals surface area contributed by atoms with Gasteiger partial charge in [-0.15, -0.1) is 0 Å². The van der Waals surface area contributed by atoms with Gasteiger partial charge in [0.2, 0.25) is 5.75 Å². The fourth-order valence-corrected chi connectivity index (χ4v) is 2.55. The number of anilines is 1. The summed E-state index contributed by atoms with van der Waals surface area (Å²) in [6.07, 6.45) is 0. The average molecular weight is 350 g/mol. The molecule has 0 atom stereocenters. The molecule has 0 aliphatic carbocycles. The maximum atomic E-state index is 12.6. The molecule has 2 aromatic rings. The highest BCUT2D eigenvalue weighted by Gasteiger charge is 2.21. The number of hydrogen-bond acceptors (Lipinski definition) is 5. The zero-order valence-electron chi connectivity index (χ0n) is 13.2. The molecule has 0 radical (unpaired) electrons. The highest BCUT2D eigenvalue weighted by molar-refractivity contribution is 6.31. The number of methoxy groups -OCH3 is 2. The molecule has 0 fully saturated rings. The largest absolute Gasteiger partial charge is 0.495 e. The van der Waals surface area contributed by atoms with E-state index in [4.69, 9.17) is 30.5 Å². The number of rotatable bonds is 4. The molecule has 6 nitrogen and oxygen atoms in total. The molecule has 0 spiro atoms. The zero-order valence-corrected chi connectivity index (χ0v) is 14.0. The van der Waals surface area contributed by atoms with Gasteiger partial charge in [-0.3, -0.25) is 4.79 Å². The molecule has 3 rings (SSSR count). The maximum absolute atomic E-state index is 12.6. The van der Waals surface area contributed by atoms with E-state index in [-0.39, 0.29) is 5.91 Å². The van der Waals surface area contributed by atoms with E-state index in [2.05, 4.69) is 5.32 Å². The smallest absolute Gasteiger partial charge is 0.256 e. The van der Waals surface area contributed by atoms with Crippen LogP contribution in [0.15, 0.2) is 30.3 Å². The van der Waals surface area contributed by atoms with Gasteiger partial charge in [0.1, 0.15) is 19.0 Å². The molecule has 7 heteroatoms. The van der Waals surface area contributed by atoms with Crippen LogP contribution in [0.25, 0.3) is 0 Å². The average Bonchev–Trinajstić information content (AvgIpc) is 2.61. The van der Waals surface area contributed by atoms with Gasteiger partial charge in [-0.25, -0.2) is 0 Å². The van der Waals surface area contributed by atoms with Crippen molar-refractivity contribution in [2.24, 2.45) is 0 Å². The van der Waals surface area contributed by atoms with Gasteiger partial charge < -0.3 is 24.3 Å². The molecule has 126 valence electrons. The predicted octanol–water partition coefficient (Wildman–Crippen LogP) is 3.38. The summed E-state index contributed by atoms with van der Waals surface area (Å²) in [6, 6.07) is 8.20. The number of halogens is 1. The minimum atomic E-state index is -0.342. The van der Waals surface area contributed by atoms with E-state index in [1.54, 1.807) is 30.3 Å². The topological polar surface area (TPSA) is 66.0 Å². The second-order valence-corrected chi connectivity index (χ2v) is 5.44. The number of amides is 1. The van der Waals surface area contributed by atoms with Crippen molar-refractivity contribution in [1.29, 1.82) is 0 Å². The number of carbonyl (C=O) groups excluding carboxylic acids is 1. The van der Waals surface area contributed by atoms with Gasteiger partial charge in [0.15, 0.2) is 11.5 Å². The van der Waals surface area contributed by atoms with Crippen molar-refractivity contribution in [2.75, 3.05) is 32.8 Å². The van der Waals surface area contributed by atoms with Crippen molar-refractivity contribution >= 4 is 23.2 Å². The first-order chi connectivity index (χ1) is 11.6. The number of fused-ring (bicyclic) bond motifs is 1. The summed E-state index contributed by atoms with van der Waals surface area (Å²) in [5.41, 5.74) is 0.849. The lowest BCUT2D eigenvalue weighted by Crippen LogP contribution is -2.18. The molecule has 2 aromatic carbocycles. The van der Waals surface area contributed by atoms with Crippen LogP contribution >= 0.6 is 11.6 Å². The summed E-state index contributed by atoms with van der Waals surface area (Å²) in [7, 11) is 3.03. The Morgan fingerprint density at radius 3 is 2.58 bits per heavy atom. The van der Waals surface area contributed by atoms with Crippen LogP contribution in [0.3, 0.4) is 0 Å². The van der Waals surface area contributed by atoms with Gasteiger partial charge in [-0.05, 0) is 30.3 Å². The Morgan fingerprint density at radius 2 is 1.83 bits per heavy atom. The molecule has 0 saturated heterocycles. The van der Waals surface area contributed by atoms with E-state index in [0.717, 1.165) is 0 Å². The number of hydrogen-bond donors (Lipinski definition) is 1. The summed E-state index contributed by atoms with van der Waals surface area (Å²) < 4.78 is 21.6. The molecule has 24 heavy (non-hydrogen) atoms. The third-order valence-corrected chi connectivity index (χ3v) is 3.73. The SMILES string of the molecule is COc1ccc(Cl)cc1NC(=O)c1cc(OC)c2c(c1)OCCO2. The van der Waals surface area contributed by atoms with Crippen molar-refractivity contribution < 1.29 is 23.7 Å². The third kappa shape index (κ3) is 3.19. The molecule has 1 amide bonds. The first kappa shape index (κ1) is 16.3. The third-order valence-electron chi connectivity index (χ3n) is 3.50. The monoisotopic (exact) mass is 349 g/mol. The minimum Gasteiger partial charge on any atom is -0.495 e. The molecule has 0 bridgehead atoms. The molecule has 0 saturated carbocycles. The first-order valence-electron chi connectivity index (χ1n) is 7.25. The lowest BCUT2D eigenvalue weighted by Gasteiger charge is -2.21. The van der Waals surface area contributed by atoms with Crippen LogP contribution in [0.1, 0.15) is 10.4 Å². The highest BCUT2D eigenvalue weighted by atomic mass is 35.5. The Kier molecular flexibility index (Phi) is 4.66. The fourth-order valence-electron chi connectivity index (χ4n) is 2.38. The summed E-state index contributed by atoms with van der Waals surface area (Å²) in [4.78, 5) is 12.6. The second-order valence-electron chi connectivity index (χ2n) is 5.00. The summed E-state index contributed by atoms with van der Waals surface area (Å²) in [5, 5.41) is 3.27. The Morgan fingerprint density at radius 1 is 1.08 bits per heavy atom. The molecule has 1 heterocycles. The molecule has 0 aromatic heterocycles. The van der Waals surface area contributed by atoms with Gasteiger partial charge in [-0.1, -0.05) is 11.6 Å². The van der Waals surface area contributed by atoms with Crippen LogP contribution in [0.4, 0.5) is 5.69 Å². The van der Waals surface area contributed by atoms with Crippen LogP contribution in [0, 0.1) is 0 Å². The normalized spacial score (nSPS) is 12.5. The van der Waals surface area contributed by atoms with Crippen molar-refractivity contribution in [3.8, 4) is 23.0 Å². The first-order valence-corrected chi connectivity index (χ1v) is 7.62. The lowest BCUT2D eigenvalue weighted by atomic mass is 10.1. The van der Waals surface area contributed by atoms with Gasteiger partial charge in [-0.2, -0.15) is 0 Å². The van der Waals surface area contributed by atoms with E-state index in [0.29, 0.717) is 52.5 Å². The highest BCUT2D eigenvalue weighted by Crippen LogP contribution is 2.40. The molecule has 0 unspecified atom stereocenters. The van der Waals surface area contributed by atoms with Crippen molar-refractivity contribution in [1.82, 2.24) is 0 Å². The summed E-state index contributed by atoms with van der Waals surface area (Å²) >= 11 is 5.98. The molecule has 1 aliphatic rings. The van der Waals surface area contributed by atoms with E-state index in [9.17, 15) is 4.79 Å². The van der Waals surface area contributed by atoms with Gasteiger partial charge in [0.05, 0.1) is 19.9 Å². The molecular formula is C17H16ClNO5. The van der Waals surface area contributed by atoms with Crippen LogP contribution < -0.4 is 24.3 Å². The van der Waals surface area contributed by atoms with Crippen molar-refractivity contribution in [3.05, 3.63) is 40.9 Å². The lowest BCUT2D eigenvalue weighted by molar-refractivity contribution is 0.102. The zero-order chi connectivity index (χ0) is 17.1.